The van der Waals surface area contributed by atoms with Gasteiger partial charge in [-0.1, -0.05) is 18.2 Å². The standard InChI is InChI=1S/C22H24Cl2N4O3/c1-11(15-9-22(15,23)24)25-21(31)18-8-13-7-17(13)28(18)19(30)10-27-16-6-4-3-5-14(16)20(26-27)12(2)29/h3-6,11,13,15,17-18H,7-10H2,1-2H3,(H,25,31)/t11-,13?,15-,17-,18+/m1/s1. The van der Waals surface area contributed by atoms with Crippen LogP contribution >= 0.6 is 23.2 Å². The lowest BCUT2D eigenvalue weighted by Gasteiger charge is -2.28. The number of Topliss-reactive ketones (excluding diaryl/α,β-unsaturated/α-hetero) is 1. The second-order valence-corrected chi connectivity index (χ2v) is 10.6. The molecule has 1 N–H and O–H groups in total. The van der Waals surface area contributed by atoms with Gasteiger partial charge in [-0.2, -0.15) is 5.10 Å². The maximum atomic E-state index is 13.3. The Morgan fingerprint density at radius 1 is 1.26 bits per heavy atom. The largest absolute Gasteiger partial charge is 0.351 e. The highest BCUT2D eigenvalue weighted by molar-refractivity contribution is 6.50. The quantitative estimate of drug-likeness (QED) is 0.528. The third-order valence-electron chi connectivity index (χ3n) is 6.82. The lowest BCUT2D eigenvalue weighted by atomic mass is 10.1. The minimum Gasteiger partial charge on any atom is -0.351 e. The number of aromatic nitrogens is 2. The van der Waals surface area contributed by atoms with Crippen molar-refractivity contribution >= 4 is 51.7 Å². The number of hydrogen-bond acceptors (Lipinski definition) is 4. The van der Waals surface area contributed by atoms with Crippen LogP contribution in [-0.4, -0.2) is 54.7 Å². The van der Waals surface area contributed by atoms with Crippen LogP contribution in [0, 0.1) is 11.8 Å². The van der Waals surface area contributed by atoms with E-state index in [0.29, 0.717) is 24.5 Å². The van der Waals surface area contributed by atoms with Crippen molar-refractivity contribution in [1.29, 1.82) is 0 Å². The van der Waals surface area contributed by atoms with Gasteiger partial charge in [0.1, 0.15) is 22.6 Å². The molecule has 1 aromatic carbocycles. The molecule has 164 valence electrons. The van der Waals surface area contributed by atoms with E-state index in [2.05, 4.69) is 10.4 Å². The molecule has 3 aliphatic rings. The molecule has 5 rings (SSSR count). The number of alkyl halides is 2. The Morgan fingerprint density at radius 2 is 1.97 bits per heavy atom. The van der Waals surface area contributed by atoms with Crippen molar-refractivity contribution in [2.45, 2.75) is 62.1 Å². The van der Waals surface area contributed by atoms with Crippen LogP contribution in [0.3, 0.4) is 0 Å². The van der Waals surface area contributed by atoms with Crippen LogP contribution in [-0.2, 0) is 16.1 Å². The number of rotatable bonds is 6. The van der Waals surface area contributed by atoms with Crippen molar-refractivity contribution in [1.82, 2.24) is 20.0 Å². The van der Waals surface area contributed by atoms with Crippen LogP contribution in [0.2, 0.25) is 0 Å². The number of hydrogen-bond donors (Lipinski definition) is 1. The third-order valence-corrected chi connectivity index (χ3v) is 7.69. The number of fused-ring (bicyclic) bond motifs is 2. The summed E-state index contributed by atoms with van der Waals surface area (Å²) in [6, 6.07) is 6.83. The maximum absolute atomic E-state index is 13.3. The number of ketones is 1. The van der Waals surface area contributed by atoms with Crippen LogP contribution < -0.4 is 5.32 Å². The predicted molar refractivity (Wildman–Crippen MR) is 117 cm³/mol. The zero-order chi connectivity index (χ0) is 22.1. The number of nitrogens with zero attached hydrogens (tertiary/aromatic N) is 3. The van der Waals surface area contributed by atoms with E-state index >= 15 is 0 Å². The molecule has 2 amide bonds. The van der Waals surface area contributed by atoms with E-state index in [-0.39, 0.29) is 42.1 Å². The SMILES string of the molecule is CC(=O)c1nn(CC(=O)N2[C@@H]3CC3C[C@H]2C(=O)N[C@H](C)[C@H]2CC2(Cl)Cl)c2ccccc12. The average Bonchev–Trinajstić information content (AvgIpc) is 3.52. The molecule has 2 heterocycles. The molecule has 0 radical (unpaired) electrons. The summed E-state index contributed by atoms with van der Waals surface area (Å²) in [6.07, 6.45) is 2.25. The molecule has 0 bridgehead atoms. The fourth-order valence-corrected chi connectivity index (χ4v) is 5.68. The summed E-state index contributed by atoms with van der Waals surface area (Å²) < 4.78 is 0.802. The van der Waals surface area contributed by atoms with E-state index in [9.17, 15) is 14.4 Å². The van der Waals surface area contributed by atoms with Gasteiger partial charge in [-0.15, -0.1) is 23.2 Å². The topological polar surface area (TPSA) is 84.3 Å². The minimum absolute atomic E-state index is 0.00849. The monoisotopic (exact) mass is 462 g/mol. The molecule has 1 aromatic heterocycles. The summed E-state index contributed by atoms with van der Waals surface area (Å²) in [5, 5.41) is 8.13. The number of carbonyl (C=O) groups excluding carboxylic acids is 3. The second kappa shape index (κ2) is 7.20. The number of benzene rings is 1. The number of amides is 2. The second-order valence-electron chi connectivity index (χ2n) is 9.06. The van der Waals surface area contributed by atoms with Crippen molar-refractivity contribution in [3.05, 3.63) is 30.0 Å². The molecular formula is C22H24Cl2N4O3. The van der Waals surface area contributed by atoms with E-state index < -0.39 is 10.4 Å². The molecule has 9 heteroatoms. The Morgan fingerprint density at radius 3 is 2.65 bits per heavy atom. The summed E-state index contributed by atoms with van der Waals surface area (Å²) in [4.78, 5) is 40.0. The zero-order valence-electron chi connectivity index (χ0n) is 17.3. The van der Waals surface area contributed by atoms with Crippen molar-refractivity contribution in [2.75, 3.05) is 0 Å². The molecular weight excluding hydrogens is 439 g/mol. The first kappa shape index (κ1) is 20.8. The van der Waals surface area contributed by atoms with Crippen LogP contribution in [0.1, 0.15) is 43.6 Å². The summed E-state index contributed by atoms with van der Waals surface area (Å²) in [5.41, 5.74) is 1.09. The van der Waals surface area contributed by atoms with Crippen LogP contribution in [0.4, 0.5) is 0 Å². The number of nitrogens with one attached hydrogen (secondary N) is 1. The number of carbonyl (C=O) groups is 3. The first-order valence-corrected chi connectivity index (χ1v) is 11.4. The van der Waals surface area contributed by atoms with Gasteiger partial charge < -0.3 is 10.2 Å². The molecule has 2 aromatic rings. The zero-order valence-corrected chi connectivity index (χ0v) is 18.9. The molecule has 0 spiro atoms. The summed E-state index contributed by atoms with van der Waals surface area (Å²) >= 11 is 12.3. The third kappa shape index (κ3) is 3.61. The minimum atomic E-state index is -0.768. The number of para-hydroxylation sites is 1. The highest BCUT2D eigenvalue weighted by atomic mass is 35.5. The van der Waals surface area contributed by atoms with Crippen molar-refractivity contribution < 1.29 is 14.4 Å². The smallest absolute Gasteiger partial charge is 0.245 e. The molecule has 31 heavy (non-hydrogen) atoms. The van der Waals surface area contributed by atoms with Gasteiger partial charge in [-0.3, -0.25) is 19.1 Å². The number of piperidine rings is 1. The molecule has 1 saturated heterocycles. The van der Waals surface area contributed by atoms with Gasteiger partial charge in [0.25, 0.3) is 0 Å². The van der Waals surface area contributed by atoms with Gasteiger partial charge in [0.05, 0.1) is 5.52 Å². The predicted octanol–water partition coefficient (Wildman–Crippen LogP) is 2.93. The first-order chi connectivity index (χ1) is 14.7. The molecule has 7 nitrogen and oxygen atoms in total. The number of halogens is 2. The Balaban J connectivity index is 1.33. The highest BCUT2D eigenvalue weighted by Crippen LogP contribution is 2.55. The van der Waals surface area contributed by atoms with Gasteiger partial charge in [-0.05, 0) is 38.2 Å². The van der Waals surface area contributed by atoms with Gasteiger partial charge in [-0.25, -0.2) is 0 Å². The normalized spacial score (nSPS) is 28.8. The average molecular weight is 463 g/mol. The van der Waals surface area contributed by atoms with Crippen LogP contribution in [0.5, 0.6) is 0 Å². The summed E-state index contributed by atoms with van der Waals surface area (Å²) in [7, 11) is 0. The fourth-order valence-electron chi connectivity index (χ4n) is 4.96. The van der Waals surface area contributed by atoms with E-state index in [1.807, 2.05) is 31.2 Å². The molecule has 3 fully saturated rings. The van der Waals surface area contributed by atoms with Gasteiger partial charge in [0.2, 0.25) is 11.8 Å². The van der Waals surface area contributed by atoms with E-state index in [1.165, 1.54) is 6.92 Å². The number of likely N-dealkylation sites (tertiary alicyclic amines) is 1. The lowest BCUT2D eigenvalue weighted by molar-refractivity contribution is -0.140. The summed E-state index contributed by atoms with van der Waals surface area (Å²) in [6.45, 7) is 3.36. The molecule has 2 aliphatic carbocycles. The van der Waals surface area contributed by atoms with Crippen LogP contribution in [0.15, 0.2) is 24.3 Å². The Labute approximate surface area is 190 Å². The fraction of sp³-hybridized carbons (Fsp3) is 0.545. The van der Waals surface area contributed by atoms with Gasteiger partial charge in [0.15, 0.2) is 5.78 Å². The first-order valence-electron chi connectivity index (χ1n) is 10.6. The van der Waals surface area contributed by atoms with Crippen molar-refractivity contribution in [3.63, 3.8) is 0 Å². The van der Waals surface area contributed by atoms with Crippen LogP contribution in [0.25, 0.3) is 10.9 Å². The molecule has 2 saturated carbocycles. The molecule has 5 atom stereocenters. The van der Waals surface area contributed by atoms with E-state index in [1.54, 1.807) is 9.58 Å². The molecule has 1 aliphatic heterocycles. The Bertz CT molecular complexity index is 1100. The van der Waals surface area contributed by atoms with Gasteiger partial charge >= 0.3 is 0 Å². The van der Waals surface area contributed by atoms with Gasteiger partial charge in [0, 0.05) is 30.3 Å². The van der Waals surface area contributed by atoms with E-state index in [4.69, 9.17) is 23.2 Å². The summed E-state index contributed by atoms with van der Waals surface area (Å²) in [5.74, 6) is -0.0548. The van der Waals surface area contributed by atoms with E-state index in [0.717, 1.165) is 17.3 Å². The lowest BCUT2D eigenvalue weighted by Crippen LogP contribution is -2.51. The molecule has 1 unspecified atom stereocenters. The Kier molecular flexibility index (Phi) is 4.83. The Hall–Kier alpha value is -2.12. The van der Waals surface area contributed by atoms with Crippen molar-refractivity contribution in [2.24, 2.45) is 11.8 Å². The maximum Gasteiger partial charge on any atom is 0.245 e. The highest BCUT2D eigenvalue weighted by Gasteiger charge is 2.58. The van der Waals surface area contributed by atoms with Crippen molar-refractivity contribution in [3.8, 4) is 0 Å².